The minimum atomic E-state index is -4.36. The molecule has 0 amide bonds. The van der Waals surface area contributed by atoms with Gasteiger partial charge in [0.2, 0.25) is 0 Å². The summed E-state index contributed by atoms with van der Waals surface area (Å²) in [6, 6.07) is 3.64. The van der Waals surface area contributed by atoms with Gasteiger partial charge in [0.15, 0.2) is 0 Å². The van der Waals surface area contributed by atoms with Crippen molar-refractivity contribution in [3.8, 4) is 0 Å². The summed E-state index contributed by atoms with van der Waals surface area (Å²) in [4.78, 5) is -0.0903. The quantitative estimate of drug-likeness (QED) is 0.502. The molecule has 1 aromatic carbocycles. The number of halogens is 4. The number of alkyl halides is 3. The van der Waals surface area contributed by atoms with E-state index in [4.69, 9.17) is 0 Å². The minimum absolute atomic E-state index is 0.0322. The third-order valence-electron chi connectivity index (χ3n) is 1.44. The molecule has 0 aromatic heterocycles. The van der Waals surface area contributed by atoms with Crippen LogP contribution in [0.1, 0.15) is 5.56 Å². The maximum absolute atomic E-state index is 12.8. The van der Waals surface area contributed by atoms with E-state index >= 15 is 0 Å². The highest BCUT2D eigenvalue weighted by Gasteiger charge is 2.30. The summed E-state index contributed by atoms with van der Waals surface area (Å²) in [5.41, 5.74) is -4.33. The third kappa shape index (κ3) is 2.91. The second-order valence-corrected chi connectivity index (χ2v) is 3.52. The van der Waals surface area contributed by atoms with Crippen molar-refractivity contribution in [2.45, 2.75) is 17.3 Å². The summed E-state index contributed by atoms with van der Waals surface area (Å²) in [5, 5.41) is 0. The monoisotopic (exact) mass is 210 g/mol. The van der Waals surface area contributed by atoms with Crippen LogP contribution in [0.15, 0.2) is 23.1 Å². The zero-order valence-electron chi connectivity index (χ0n) is 6.65. The Hall–Kier alpha value is -0.710. The first kappa shape index (κ1) is 10.4. The predicted octanol–water partition coefficient (Wildman–Crippen LogP) is 3.75. The van der Waals surface area contributed by atoms with Crippen LogP contribution < -0.4 is 0 Å². The average molecular weight is 210 g/mol. The van der Waals surface area contributed by atoms with Gasteiger partial charge in [-0.2, -0.15) is 13.2 Å². The molecule has 0 aliphatic rings. The molecular formula is C8H6F4S. The van der Waals surface area contributed by atoms with Crippen molar-refractivity contribution < 1.29 is 17.6 Å². The molecule has 0 saturated carbocycles. The molecule has 0 spiro atoms. The van der Waals surface area contributed by atoms with Crippen LogP contribution in [0.5, 0.6) is 0 Å². The molecule has 72 valence electrons. The summed E-state index contributed by atoms with van der Waals surface area (Å²) in [6.07, 6.45) is 0. The van der Waals surface area contributed by atoms with Crippen molar-refractivity contribution in [1.82, 2.24) is 0 Å². The lowest BCUT2D eigenvalue weighted by atomic mass is 10.2. The number of benzene rings is 1. The van der Waals surface area contributed by atoms with Crippen molar-refractivity contribution in [2.75, 3.05) is 0 Å². The fourth-order valence-corrected chi connectivity index (χ4v) is 1.47. The maximum atomic E-state index is 12.8. The van der Waals surface area contributed by atoms with E-state index in [1.165, 1.54) is 19.1 Å². The van der Waals surface area contributed by atoms with Gasteiger partial charge in [-0.15, -0.1) is 0 Å². The molecule has 0 radical (unpaired) electrons. The maximum Gasteiger partial charge on any atom is 0.446 e. The van der Waals surface area contributed by atoms with Crippen LogP contribution in [-0.2, 0) is 0 Å². The molecule has 0 fully saturated rings. The van der Waals surface area contributed by atoms with Crippen LogP contribution in [0, 0.1) is 12.7 Å². The molecule has 0 heterocycles. The van der Waals surface area contributed by atoms with E-state index in [1.807, 2.05) is 0 Å². The molecule has 0 atom stereocenters. The van der Waals surface area contributed by atoms with E-state index in [9.17, 15) is 17.6 Å². The molecule has 0 N–H and O–H groups in total. The number of hydrogen-bond acceptors (Lipinski definition) is 1. The van der Waals surface area contributed by atoms with Gasteiger partial charge in [0.05, 0.1) is 0 Å². The predicted molar refractivity (Wildman–Crippen MR) is 43.0 cm³/mol. The lowest BCUT2D eigenvalue weighted by molar-refractivity contribution is -0.0328. The molecule has 13 heavy (non-hydrogen) atoms. The number of rotatable bonds is 1. The van der Waals surface area contributed by atoms with Crippen molar-refractivity contribution in [3.63, 3.8) is 0 Å². The van der Waals surface area contributed by atoms with Crippen LogP contribution >= 0.6 is 11.8 Å². The van der Waals surface area contributed by atoms with E-state index in [0.29, 0.717) is 0 Å². The highest BCUT2D eigenvalue weighted by molar-refractivity contribution is 8.00. The lowest BCUT2D eigenvalue weighted by Gasteiger charge is -2.08. The highest BCUT2D eigenvalue weighted by Crippen LogP contribution is 2.38. The topological polar surface area (TPSA) is 0 Å². The summed E-state index contributed by atoms with van der Waals surface area (Å²) in [5.74, 6) is -0.616. The van der Waals surface area contributed by atoms with Crippen LogP contribution in [-0.4, -0.2) is 5.51 Å². The highest BCUT2D eigenvalue weighted by atomic mass is 32.2. The Balaban J connectivity index is 2.96. The number of hydrogen-bond donors (Lipinski definition) is 0. The molecule has 1 rings (SSSR count). The SMILES string of the molecule is Cc1c(F)cccc1SC(F)(F)F. The van der Waals surface area contributed by atoms with E-state index < -0.39 is 11.3 Å². The van der Waals surface area contributed by atoms with Gasteiger partial charge in [0.25, 0.3) is 0 Å². The molecule has 0 unspecified atom stereocenters. The van der Waals surface area contributed by atoms with E-state index in [0.717, 1.165) is 6.07 Å². The average Bonchev–Trinajstić information content (AvgIpc) is 1.96. The van der Waals surface area contributed by atoms with Crippen molar-refractivity contribution in [1.29, 1.82) is 0 Å². The Morgan fingerprint density at radius 1 is 1.23 bits per heavy atom. The van der Waals surface area contributed by atoms with E-state index in [2.05, 4.69) is 0 Å². The molecule has 0 aliphatic heterocycles. The first-order valence-electron chi connectivity index (χ1n) is 3.41. The summed E-state index contributed by atoms with van der Waals surface area (Å²) < 4.78 is 48.5. The normalized spacial score (nSPS) is 11.8. The van der Waals surface area contributed by atoms with Crippen molar-refractivity contribution in [3.05, 3.63) is 29.6 Å². The van der Waals surface area contributed by atoms with Gasteiger partial charge in [-0.05, 0) is 36.4 Å². The first-order valence-corrected chi connectivity index (χ1v) is 4.22. The zero-order valence-corrected chi connectivity index (χ0v) is 7.47. The van der Waals surface area contributed by atoms with E-state index in [-0.39, 0.29) is 22.2 Å². The van der Waals surface area contributed by atoms with E-state index in [1.54, 1.807) is 0 Å². The van der Waals surface area contributed by atoms with Crippen molar-refractivity contribution >= 4 is 11.8 Å². The van der Waals surface area contributed by atoms with Crippen LogP contribution in [0.4, 0.5) is 17.6 Å². The van der Waals surface area contributed by atoms with Gasteiger partial charge in [0, 0.05) is 4.90 Å². The molecule has 5 heteroatoms. The van der Waals surface area contributed by atoms with Crippen LogP contribution in [0.3, 0.4) is 0 Å². The zero-order chi connectivity index (χ0) is 10.1. The molecule has 0 saturated heterocycles. The van der Waals surface area contributed by atoms with Crippen molar-refractivity contribution in [2.24, 2.45) is 0 Å². The Kier molecular flexibility index (Phi) is 2.85. The standard InChI is InChI=1S/C8H6F4S/c1-5-6(9)3-2-4-7(5)13-8(10,11)12/h2-4H,1H3. The molecule has 0 aliphatic carbocycles. The Bertz CT molecular complexity index is 306. The van der Waals surface area contributed by atoms with Gasteiger partial charge in [0.1, 0.15) is 5.82 Å². The smallest absolute Gasteiger partial charge is 0.207 e. The van der Waals surface area contributed by atoms with Gasteiger partial charge >= 0.3 is 5.51 Å². The number of thioether (sulfide) groups is 1. The third-order valence-corrected chi connectivity index (χ3v) is 2.34. The van der Waals surface area contributed by atoms with Gasteiger partial charge in [-0.25, -0.2) is 4.39 Å². The molecule has 1 aromatic rings. The minimum Gasteiger partial charge on any atom is -0.207 e. The summed E-state index contributed by atoms with van der Waals surface area (Å²) in [6.45, 7) is 1.32. The summed E-state index contributed by atoms with van der Waals surface area (Å²) >= 11 is -0.298. The fourth-order valence-electron chi connectivity index (χ4n) is 0.823. The second kappa shape index (κ2) is 3.57. The second-order valence-electron chi connectivity index (χ2n) is 2.41. The molecular weight excluding hydrogens is 204 g/mol. The first-order chi connectivity index (χ1) is 5.90. The Labute approximate surface area is 76.9 Å². The molecule has 0 nitrogen and oxygen atoms in total. The molecule has 0 bridgehead atoms. The van der Waals surface area contributed by atoms with Crippen LogP contribution in [0.2, 0.25) is 0 Å². The summed E-state index contributed by atoms with van der Waals surface area (Å²) in [7, 11) is 0. The van der Waals surface area contributed by atoms with Gasteiger partial charge < -0.3 is 0 Å². The lowest BCUT2D eigenvalue weighted by Crippen LogP contribution is -2.00. The Morgan fingerprint density at radius 2 is 1.85 bits per heavy atom. The van der Waals surface area contributed by atoms with Crippen LogP contribution in [0.25, 0.3) is 0 Å². The largest absolute Gasteiger partial charge is 0.446 e. The Morgan fingerprint density at radius 3 is 2.38 bits per heavy atom. The van der Waals surface area contributed by atoms with Gasteiger partial charge in [-0.1, -0.05) is 6.07 Å². The fraction of sp³-hybridized carbons (Fsp3) is 0.250. The van der Waals surface area contributed by atoms with Gasteiger partial charge in [-0.3, -0.25) is 0 Å².